The van der Waals surface area contributed by atoms with E-state index in [1.165, 1.54) is 12.0 Å². The molecule has 0 saturated carbocycles. The maximum Gasteiger partial charge on any atom is 0.224 e. The van der Waals surface area contributed by atoms with Crippen LogP contribution in [-0.4, -0.2) is 42.9 Å². The van der Waals surface area contributed by atoms with Crippen molar-refractivity contribution in [2.45, 2.75) is 32.1 Å². The van der Waals surface area contributed by atoms with Crippen molar-refractivity contribution in [1.29, 1.82) is 0 Å². The minimum absolute atomic E-state index is 0. The van der Waals surface area contributed by atoms with Crippen LogP contribution >= 0.6 is 24.0 Å². The number of aliphatic imine (C=N–C) groups is 1. The number of amides is 1. The molecule has 0 bridgehead atoms. The molecule has 1 aliphatic rings. The predicted octanol–water partition coefficient (Wildman–Crippen LogP) is 2.15. The Labute approximate surface area is 155 Å². The zero-order valence-corrected chi connectivity index (χ0v) is 15.9. The van der Waals surface area contributed by atoms with Gasteiger partial charge in [-0.05, 0) is 31.2 Å². The lowest BCUT2D eigenvalue weighted by atomic mass is 10.1. The van der Waals surface area contributed by atoms with E-state index < -0.39 is 0 Å². The second-order valence-corrected chi connectivity index (χ2v) is 5.62. The van der Waals surface area contributed by atoms with Gasteiger partial charge in [0.15, 0.2) is 5.96 Å². The first-order valence-corrected chi connectivity index (χ1v) is 8.11. The fourth-order valence-electron chi connectivity index (χ4n) is 2.61. The SMILES string of the molecule is I.NC(=NCCC(=O)N1CCCCC1)NCCc1ccccc1. The molecule has 2 rings (SSSR count). The number of nitrogens with one attached hydrogen (secondary N) is 1. The van der Waals surface area contributed by atoms with Crippen LogP contribution < -0.4 is 11.1 Å². The number of nitrogens with two attached hydrogens (primary N) is 1. The van der Waals surface area contributed by atoms with Gasteiger partial charge in [0.05, 0.1) is 6.54 Å². The van der Waals surface area contributed by atoms with E-state index in [2.05, 4.69) is 22.4 Å². The third-order valence-electron chi connectivity index (χ3n) is 3.88. The van der Waals surface area contributed by atoms with E-state index in [1.807, 2.05) is 23.1 Å². The standard InChI is InChI=1S/C17H26N4O.HI/c18-17(19-11-9-15-7-3-1-4-8-15)20-12-10-16(22)21-13-5-2-6-14-21;/h1,3-4,7-8H,2,5-6,9-14H2,(H3,18,19,20);1H. The molecule has 0 spiro atoms. The van der Waals surface area contributed by atoms with E-state index in [4.69, 9.17) is 5.73 Å². The molecule has 1 heterocycles. The van der Waals surface area contributed by atoms with Crippen LogP contribution in [0.2, 0.25) is 0 Å². The van der Waals surface area contributed by atoms with Gasteiger partial charge in [-0.1, -0.05) is 30.3 Å². The minimum atomic E-state index is 0. The third kappa shape index (κ3) is 7.67. The molecule has 1 fully saturated rings. The van der Waals surface area contributed by atoms with Crippen LogP contribution in [0.1, 0.15) is 31.2 Å². The lowest BCUT2D eigenvalue weighted by Crippen LogP contribution is -2.36. The molecular formula is C17H27IN4O. The van der Waals surface area contributed by atoms with E-state index in [0.29, 0.717) is 18.9 Å². The highest BCUT2D eigenvalue weighted by Gasteiger charge is 2.15. The summed E-state index contributed by atoms with van der Waals surface area (Å²) >= 11 is 0. The summed E-state index contributed by atoms with van der Waals surface area (Å²) in [6.07, 6.45) is 4.83. The summed E-state index contributed by atoms with van der Waals surface area (Å²) in [6.45, 7) is 3.00. The van der Waals surface area contributed by atoms with Crippen molar-refractivity contribution in [2.24, 2.45) is 10.7 Å². The van der Waals surface area contributed by atoms with Gasteiger partial charge in [0.25, 0.3) is 0 Å². The summed E-state index contributed by atoms with van der Waals surface area (Å²) in [6, 6.07) is 10.2. The van der Waals surface area contributed by atoms with Crippen molar-refractivity contribution in [1.82, 2.24) is 10.2 Å². The minimum Gasteiger partial charge on any atom is -0.370 e. The highest BCUT2D eigenvalue weighted by Crippen LogP contribution is 2.09. The topological polar surface area (TPSA) is 70.7 Å². The highest BCUT2D eigenvalue weighted by atomic mass is 127. The van der Waals surface area contributed by atoms with Crippen LogP contribution in [0.4, 0.5) is 0 Å². The molecule has 1 aromatic rings. The van der Waals surface area contributed by atoms with E-state index >= 15 is 0 Å². The number of likely N-dealkylation sites (tertiary alicyclic amines) is 1. The van der Waals surface area contributed by atoms with Crippen molar-refractivity contribution >= 4 is 35.8 Å². The molecule has 128 valence electrons. The number of piperidine rings is 1. The highest BCUT2D eigenvalue weighted by molar-refractivity contribution is 14.0. The van der Waals surface area contributed by atoms with Gasteiger partial charge in [-0.15, -0.1) is 24.0 Å². The molecule has 1 aliphatic heterocycles. The normalized spacial score (nSPS) is 15.0. The third-order valence-corrected chi connectivity index (χ3v) is 3.88. The lowest BCUT2D eigenvalue weighted by Gasteiger charge is -2.26. The smallest absolute Gasteiger partial charge is 0.224 e. The van der Waals surface area contributed by atoms with Gasteiger partial charge in [-0.2, -0.15) is 0 Å². The van der Waals surface area contributed by atoms with Crippen LogP contribution in [-0.2, 0) is 11.2 Å². The number of carbonyl (C=O) groups excluding carboxylic acids is 1. The Hall–Kier alpha value is -1.31. The van der Waals surface area contributed by atoms with Crippen molar-refractivity contribution in [3.05, 3.63) is 35.9 Å². The fourth-order valence-corrected chi connectivity index (χ4v) is 2.61. The van der Waals surface area contributed by atoms with E-state index in [1.54, 1.807) is 0 Å². The summed E-state index contributed by atoms with van der Waals surface area (Å²) < 4.78 is 0. The molecule has 1 saturated heterocycles. The molecule has 0 radical (unpaired) electrons. The molecule has 0 aliphatic carbocycles. The Morgan fingerprint density at radius 2 is 1.87 bits per heavy atom. The molecule has 6 heteroatoms. The monoisotopic (exact) mass is 430 g/mol. The quantitative estimate of drug-likeness (QED) is 0.413. The van der Waals surface area contributed by atoms with Gasteiger partial charge in [0.1, 0.15) is 0 Å². The Kier molecular flexibility index (Phi) is 9.66. The van der Waals surface area contributed by atoms with Gasteiger partial charge in [-0.3, -0.25) is 9.79 Å². The van der Waals surface area contributed by atoms with Gasteiger partial charge < -0.3 is 16.0 Å². The average molecular weight is 430 g/mol. The van der Waals surface area contributed by atoms with Crippen LogP contribution in [0.5, 0.6) is 0 Å². The predicted molar refractivity (Wildman–Crippen MR) is 105 cm³/mol. The van der Waals surface area contributed by atoms with E-state index in [0.717, 1.165) is 38.9 Å². The molecular weight excluding hydrogens is 403 g/mol. The second-order valence-electron chi connectivity index (χ2n) is 5.62. The van der Waals surface area contributed by atoms with Crippen LogP contribution in [0, 0.1) is 0 Å². The summed E-state index contributed by atoms with van der Waals surface area (Å²) in [5.74, 6) is 0.614. The number of nitrogens with zero attached hydrogens (tertiary/aromatic N) is 2. The second kappa shape index (κ2) is 11.3. The van der Waals surface area contributed by atoms with Crippen LogP contribution in [0.25, 0.3) is 0 Å². The maximum absolute atomic E-state index is 12.0. The molecule has 3 N–H and O–H groups in total. The van der Waals surface area contributed by atoms with Gasteiger partial charge in [0, 0.05) is 26.1 Å². The largest absolute Gasteiger partial charge is 0.370 e. The molecule has 23 heavy (non-hydrogen) atoms. The Morgan fingerprint density at radius 3 is 2.57 bits per heavy atom. The number of hydrogen-bond acceptors (Lipinski definition) is 2. The molecule has 1 aromatic carbocycles. The summed E-state index contributed by atoms with van der Waals surface area (Å²) in [7, 11) is 0. The Balaban J connectivity index is 0.00000264. The number of guanidine groups is 1. The van der Waals surface area contributed by atoms with Crippen LogP contribution in [0.3, 0.4) is 0 Å². The molecule has 0 atom stereocenters. The molecule has 1 amide bonds. The van der Waals surface area contributed by atoms with Crippen LogP contribution in [0.15, 0.2) is 35.3 Å². The molecule has 5 nitrogen and oxygen atoms in total. The first-order chi connectivity index (χ1) is 10.8. The number of carbonyl (C=O) groups is 1. The Bertz CT molecular complexity index is 487. The summed E-state index contributed by atoms with van der Waals surface area (Å²) in [4.78, 5) is 18.1. The number of hydrogen-bond donors (Lipinski definition) is 2. The number of rotatable bonds is 6. The zero-order valence-electron chi connectivity index (χ0n) is 13.5. The zero-order chi connectivity index (χ0) is 15.6. The van der Waals surface area contributed by atoms with E-state index in [9.17, 15) is 4.79 Å². The fraction of sp³-hybridized carbons (Fsp3) is 0.529. The summed E-state index contributed by atoms with van der Waals surface area (Å²) in [5, 5.41) is 3.09. The number of benzene rings is 1. The Morgan fingerprint density at radius 1 is 1.17 bits per heavy atom. The van der Waals surface area contributed by atoms with E-state index in [-0.39, 0.29) is 29.9 Å². The number of halogens is 1. The van der Waals surface area contributed by atoms with Crippen molar-refractivity contribution in [3.8, 4) is 0 Å². The van der Waals surface area contributed by atoms with Crippen molar-refractivity contribution in [2.75, 3.05) is 26.2 Å². The van der Waals surface area contributed by atoms with Gasteiger partial charge in [0.2, 0.25) is 5.91 Å². The molecule has 0 unspecified atom stereocenters. The first-order valence-electron chi connectivity index (χ1n) is 8.11. The van der Waals surface area contributed by atoms with Gasteiger partial charge >= 0.3 is 0 Å². The van der Waals surface area contributed by atoms with Crippen molar-refractivity contribution in [3.63, 3.8) is 0 Å². The maximum atomic E-state index is 12.0. The first kappa shape index (κ1) is 19.7. The van der Waals surface area contributed by atoms with Crippen molar-refractivity contribution < 1.29 is 4.79 Å². The van der Waals surface area contributed by atoms with Gasteiger partial charge in [-0.25, -0.2) is 0 Å². The lowest BCUT2D eigenvalue weighted by molar-refractivity contribution is -0.131. The molecule has 0 aromatic heterocycles. The average Bonchev–Trinajstić information content (AvgIpc) is 2.56. The summed E-state index contributed by atoms with van der Waals surface area (Å²) in [5.41, 5.74) is 7.08.